The van der Waals surface area contributed by atoms with Crippen molar-refractivity contribution < 1.29 is 14.3 Å². The van der Waals surface area contributed by atoms with Crippen molar-refractivity contribution in [3.05, 3.63) is 71.3 Å². The monoisotopic (exact) mass is 313 g/mol. The Bertz CT molecular complexity index is 596. The van der Waals surface area contributed by atoms with Crippen LogP contribution in [0.3, 0.4) is 0 Å². The molecule has 0 aliphatic carbocycles. The molecule has 0 aliphatic heterocycles. The fourth-order valence-electron chi connectivity index (χ4n) is 2.40. The number of hydrogen-bond acceptors (Lipinski definition) is 4. The van der Waals surface area contributed by atoms with E-state index in [1.807, 2.05) is 18.2 Å². The molecule has 122 valence electrons. The van der Waals surface area contributed by atoms with Gasteiger partial charge in [0, 0.05) is 26.7 Å². The molecule has 0 aromatic heterocycles. The lowest BCUT2D eigenvalue weighted by Gasteiger charge is -2.22. The fraction of sp³-hybridized carbons (Fsp3) is 0.316. The Hall–Kier alpha value is -2.17. The Morgan fingerprint density at radius 1 is 0.913 bits per heavy atom. The van der Waals surface area contributed by atoms with Crippen LogP contribution in [0, 0.1) is 0 Å². The van der Waals surface area contributed by atoms with Crippen molar-refractivity contribution in [3.8, 4) is 0 Å². The van der Waals surface area contributed by atoms with Gasteiger partial charge in [0.15, 0.2) is 0 Å². The van der Waals surface area contributed by atoms with Crippen LogP contribution in [0.2, 0.25) is 0 Å². The van der Waals surface area contributed by atoms with Gasteiger partial charge in [-0.15, -0.1) is 0 Å². The third-order valence-electron chi connectivity index (χ3n) is 3.64. The summed E-state index contributed by atoms with van der Waals surface area (Å²) in [6.45, 7) is 3.21. The van der Waals surface area contributed by atoms with Gasteiger partial charge in [0.05, 0.1) is 19.3 Å². The zero-order valence-electron chi connectivity index (χ0n) is 13.7. The molecule has 4 nitrogen and oxygen atoms in total. The van der Waals surface area contributed by atoms with Crippen molar-refractivity contribution in [2.45, 2.75) is 13.1 Å². The average Bonchev–Trinajstić information content (AvgIpc) is 2.60. The summed E-state index contributed by atoms with van der Waals surface area (Å²) >= 11 is 0. The van der Waals surface area contributed by atoms with Crippen LogP contribution in [0.1, 0.15) is 21.5 Å². The Morgan fingerprint density at radius 2 is 1.52 bits per heavy atom. The van der Waals surface area contributed by atoms with E-state index in [0.29, 0.717) is 12.2 Å². The summed E-state index contributed by atoms with van der Waals surface area (Å²) < 4.78 is 9.93. The Morgan fingerprint density at radius 3 is 2.09 bits per heavy atom. The van der Waals surface area contributed by atoms with E-state index in [0.717, 1.165) is 25.2 Å². The smallest absolute Gasteiger partial charge is 0.337 e. The average molecular weight is 313 g/mol. The standard InChI is InChI=1S/C19H23NO3/c1-22-13-12-20(14-16-6-4-3-5-7-16)15-17-8-10-18(11-9-17)19(21)23-2/h3-11H,12-15H2,1-2H3. The summed E-state index contributed by atoms with van der Waals surface area (Å²) in [4.78, 5) is 13.8. The van der Waals surface area contributed by atoms with E-state index in [9.17, 15) is 4.79 Å². The van der Waals surface area contributed by atoms with Crippen molar-refractivity contribution in [1.29, 1.82) is 0 Å². The molecule has 0 bridgehead atoms. The number of nitrogens with zero attached hydrogens (tertiary/aromatic N) is 1. The van der Waals surface area contributed by atoms with Crippen molar-refractivity contribution in [2.75, 3.05) is 27.4 Å². The van der Waals surface area contributed by atoms with E-state index in [1.165, 1.54) is 12.7 Å². The molecule has 2 rings (SSSR count). The van der Waals surface area contributed by atoms with Crippen LogP contribution in [0.5, 0.6) is 0 Å². The molecule has 2 aromatic carbocycles. The third kappa shape index (κ3) is 5.51. The maximum Gasteiger partial charge on any atom is 0.337 e. The van der Waals surface area contributed by atoms with Crippen LogP contribution in [-0.4, -0.2) is 38.2 Å². The highest BCUT2D eigenvalue weighted by atomic mass is 16.5. The zero-order valence-corrected chi connectivity index (χ0v) is 13.7. The zero-order chi connectivity index (χ0) is 16.5. The van der Waals surface area contributed by atoms with E-state index < -0.39 is 0 Å². The van der Waals surface area contributed by atoms with Gasteiger partial charge >= 0.3 is 5.97 Å². The molecule has 0 unspecified atom stereocenters. The Labute approximate surface area is 137 Å². The molecular weight excluding hydrogens is 290 g/mol. The first-order chi connectivity index (χ1) is 11.2. The fourth-order valence-corrected chi connectivity index (χ4v) is 2.40. The van der Waals surface area contributed by atoms with Gasteiger partial charge < -0.3 is 9.47 Å². The number of carbonyl (C=O) groups excluding carboxylic acids is 1. The number of rotatable bonds is 8. The molecule has 0 heterocycles. The van der Waals surface area contributed by atoms with Crippen molar-refractivity contribution in [2.24, 2.45) is 0 Å². The second kappa shape index (κ2) is 9.08. The van der Waals surface area contributed by atoms with Crippen molar-refractivity contribution in [3.63, 3.8) is 0 Å². The van der Waals surface area contributed by atoms with Gasteiger partial charge in [-0.2, -0.15) is 0 Å². The molecule has 0 radical (unpaired) electrons. The number of ether oxygens (including phenoxy) is 2. The molecule has 0 amide bonds. The summed E-state index contributed by atoms with van der Waals surface area (Å²) in [5.41, 5.74) is 3.00. The minimum atomic E-state index is -0.308. The van der Waals surface area contributed by atoms with E-state index in [-0.39, 0.29) is 5.97 Å². The van der Waals surface area contributed by atoms with Gasteiger partial charge in [0.25, 0.3) is 0 Å². The van der Waals surface area contributed by atoms with Crippen LogP contribution >= 0.6 is 0 Å². The van der Waals surface area contributed by atoms with E-state index in [4.69, 9.17) is 9.47 Å². The predicted molar refractivity (Wildman–Crippen MR) is 90.2 cm³/mol. The minimum absolute atomic E-state index is 0.308. The highest BCUT2D eigenvalue weighted by Gasteiger charge is 2.09. The molecule has 4 heteroatoms. The molecule has 2 aromatic rings. The number of methoxy groups -OCH3 is 2. The molecular formula is C19H23NO3. The minimum Gasteiger partial charge on any atom is -0.465 e. The van der Waals surface area contributed by atoms with Crippen LogP contribution in [0.15, 0.2) is 54.6 Å². The number of esters is 1. The van der Waals surface area contributed by atoms with Crippen LogP contribution in [0.4, 0.5) is 0 Å². The van der Waals surface area contributed by atoms with Crippen LogP contribution in [0.25, 0.3) is 0 Å². The van der Waals surface area contributed by atoms with Gasteiger partial charge in [-0.05, 0) is 23.3 Å². The molecule has 0 fully saturated rings. The molecule has 23 heavy (non-hydrogen) atoms. The van der Waals surface area contributed by atoms with Crippen LogP contribution < -0.4 is 0 Å². The molecule has 0 N–H and O–H groups in total. The normalized spacial score (nSPS) is 10.7. The topological polar surface area (TPSA) is 38.8 Å². The molecule has 0 saturated heterocycles. The number of benzene rings is 2. The first kappa shape index (κ1) is 17.2. The Kier molecular flexibility index (Phi) is 6.78. The summed E-state index contributed by atoms with van der Waals surface area (Å²) in [7, 11) is 3.11. The van der Waals surface area contributed by atoms with Crippen LogP contribution in [-0.2, 0) is 22.6 Å². The van der Waals surface area contributed by atoms with E-state index in [2.05, 4.69) is 29.2 Å². The summed E-state index contributed by atoms with van der Waals surface area (Å²) in [6, 6.07) is 17.9. The first-order valence-corrected chi connectivity index (χ1v) is 7.65. The Balaban J connectivity index is 2.03. The predicted octanol–water partition coefficient (Wildman–Crippen LogP) is 3.12. The van der Waals surface area contributed by atoms with Gasteiger partial charge in [-0.3, -0.25) is 4.90 Å². The highest BCUT2D eigenvalue weighted by molar-refractivity contribution is 5.89. The summed E-state index contributed by atoms with van der Waals surface area (Å²) in [5.74, 6) is -0.308. The number of hydrogen-bond donors (Lipinski definition) is 0. The number of carbonyl (C=O) groups is 1. The molecule has 0 atom stereocenters. The lowest BCUT2D eigenvalue weighted by molar-refractivity contribution is 0.0600. The van der Waals surface area contributed by atoms with E-state index >= 15 is 0 Å². The second-order valence-corrected chi connectivity index (χ2v) is 5.38. The lowest BCUT2D eigenvalue weighted by atomic mass is 10.1. The molecule has 0 saturated carbocycles. The van der Waals surface area contributed by atoms with Gasteiger partial charge in [0.1, 0.15) is 0 Å². The summed E-state index contributed by atoms with van der Waals surface area (Å²) in [5, 5.41) is 0. The SMILES string of the molecule is COCCN(Cc1ccccc1)Cc1ccc(C(=O)OC)cc1. The highest BCUT2D eigenvalue weighted by Crippen LogP contribution is 2.12. The maximum absolute atomic E-state index is 11.5. The van der Waals surface area contributed by atoms with Crippen molar-refractivity contribution >= 4 is 5.97 Å². The molecule has 0 spiro atoms. The van der Waals surface area contributed by atoms with E-state index in [1.54, 1.807) is 19.2 Å². The lowest BCUT2D eigenvalue weighted by Crippen LogP contribution is -2.26. The van der Waals surface area contributed by atoms with Gasteiger partial charge in [-0.1, -0.05) is 42.5 Å². The molecule has 0 aliphatic rings. The quantitative estimate of drug-likeness (QED) is 0.702. The van der Waals surface area contributed by atoms with Gasteiger partial charge in [-0.25, -0.2) is 4.79 Å². The maximum atomic E-state index is 11.5. The third-order valence-corrected chi connectivity index (χ3v) is 3.64. The van der Waals surface area contributed by atoms with Gasteiger partial charge in [0.2, 0.25) is 0 Å². The second-order valence-electron chi connectivity index (χ2n) is 5.38. The summed E-state index contributed by atoms with van der Waals surface area (Å²) in [6.07, 6.45) is 0. The van der Waals surface area contributed by atoms with Crippen molar-refractivity contribution in [1.82, 2.24) is 4.90 Å². The first-order valence-electron chi connectivity index (χ1n) is 7.65. The largest absolute Gasteiger partial charge is 0.465 e.